The van der Waals surface area contributed by atoms with E-state index in [1.807, 2.05) is 6.92 Å². The molecule has 112 valence electrons. The maximum atomic E-state index is 11.9. The van der Waals surface area contributed by atoms with Crippen molar-refractivity contribution in [3.05, 3.63) is 11.6 Å². The first kappa shape index (κ1) is 14.8. The molecule has 0 unspecified atom stereocenters. The van der Waals surface area contributed by atoms with Crippen LogP contribution in [0.2, 0.25) is 0 Å². The number of hydrogen-bond donors (Lipinski definition) is 2. The molecule has 1 fully saturated rings. The Bertz CT molecular complexity index is 428. The molecular formula is C13H23N5O2. The third-order valence-electron chi connectivity index (χ3n) is 3.43. The molecule has 2 rings (SSSR count). The van der Waals surface area contributed by atoms with E-state index in [4.69, 9.17) is 4.74 Å². The average molecular weight is 281 g/mol. The van der Waals surface area contributed by atoms with Crippen LogP contribution >= 0.6 is 0 Å². The minimum atomic E-state index is -0.0974. The Balaban J connectivity index is 1.61. The van der Waals surface area contributed by atoms with Gasteiger partial charge in [-0.3, -0.25) is 5.10 Å². The zero-order valence-corrected chi connectivity index (χ0v) is 12.2. The highest BCUT2D eigenvalue weighted by atomic mass is 16.5. The molecule has 7 heteroatoms. The number of hydrogen-bond acceptors (Lipinski definition) is 4. The van der Waals surface area contributed by atoms with Crippen LogP contribution in [-0.2, 0) is 11.3 Å². The molecule has 1 aromatic rings. The smallest absolute Gasteiger partial charge is 0.317 e. The Morgan fingerprint density at radius 1 is 1.60 bits per heavy atom. The van der Waals surface area contributed by atoms with Gasteiger partial charge in [-0.25, -0.2) is 9.78 Å². The van der Waals surface area contributed by atoms with Gasteiger partial charge in [-0.15, -0.1) is 0 Å². The summed E-state index contributed by atoms with van der Waals surface area (Å²) >= 11 is 0. The van der Waals surface area contributed by atoms with Gasteiger partial charge in [0.15, 0.2) is 5.82 Å². The Morgan fingerprint density at radius 3 is 3.10 bits per heavy atom. The van der Waals surface area contributed by atoms with E-state index in [0.717, 1.165) is 44.7 Å². The molecule has 0 bridgehead atoms. The molecule has 1 aromatic heterocycles. The number of nitrogens with zero attached hydrogens (tertiary/aromatic N) is 3. The van der Waals surface area contributed by atoms with Gasteiger partial charge < -0.3 is 15.0 Å². The topological polar surface area (TPSA) is 83.1 Å². The van der Waals surface area contributed by atoms with E-state index >= 15 is 0 Å². The van der Waals surface area contributed by atoms with E-state index in [1.54, 1.807) is 11.9 Å². The van der Waals surface area contributed by atoms with Gasteiger partial charge in [0.05, 0.1) is 12.6 Å². The number of aromatic nitrogens is 3. The summed E-state index contributed by atoms with van der Waals surface area (Å²) in [7, 11) is 1.80. The molecule has 7 nitrogen and oxygen atoms in total. The van der Waals surface area contributed by atoms with Crippen LogP contribution < -0.4 is 5.32 Å². The summed E-state index contributed by atoms with van der Waals surface area (Å²) in [5.74, 6) is 1.35. The molecule has 0 aliphatic carbocycles. The number of aromatic amines is 1. The molecule has 0 spiro atoms. The average Bonchev–Trinajstić information content (AvgIpc) is 3.07. The highest BCUT2D eigenvalue weighted by Crippen LogP contribution is 2.16. The number of carbonyl (C=O) groups excluding carboxylic acids is 1. The SMILES string of the molecule is Cc1nc(CNC(=O)N(C)CCC[C@H]2CCCO2)n[nH]1. The molecule has 0 radical (unpaired) electrons. The molecule has 1 atom stereocenters. The standard InChI is InChI=1S/C13H23N5O2/c1-10-15-12(17-16-10)9-14-13(19)18(2)7-3-5-11-6-4-8-20-11/h11H,3-9H2,1-2H3,(H,14,19)(H,15,16,17)/t11-/m0/s1. The molecule has 1 saturated heterocycles. The zero-order valence-electron chi connectivity index (χ0n) is 12.2. The van der Waals surface area contributed by atoms with Crippen molar-refractivity contribution in [2.75, 3.05) is 20.2 Å². The third kappa shape index (κ3) is 4.48. The molecule has 1 aliphatic heterocycles. The van der Waals surface area contributed by atoms with Gasteiger partial charge in [0.25, 0.3) is 0 Å². The fraction of sp³-hybridized carbons (Fsp3) is 0.769. The van der Waals surface area contributed by atoms with Crippen molar-refractivity contribution in [3.63, 3.8) is 0 Å². The van der Waals surface area contributed by atoms with Crippen molar-refractivity contribution in [2.24, 2.45) is 0 Å². The summed E-state index contributed by atoms with van der Waals surface area (Å²) in [6, 6.07) is -0.0974. The summed E-state index contributed by atoms with van der Waals surface area (Å²) in [5, 5.41) is 9.52. The van der Waals surface area contributed by atoms with Crippen LogP contribution in [0, 0.1) is 6.92 Å². The minimum Gasteiger partial charge on any atom is -0.378 e. The first-order valence-electron chi connectivity index (χ1n) is 7.13. The van der Waals surface area contributed by atoms with Crippen LogP contribution in [0.25, 0.3) is 0 Å². The summed E-state index contributed by atoms with van der Waals surface area (Å²) < 4.78 is 5.56. The first-order valence-corrected chi connectivity index (χ1v) is 7.13. The van der Waals surface area contributed by atoms with E-state index in [9.17, 15) is 4.79 Å². The molecule has 1 aliphatic rings. The number of urea groups is 1. The number of aryl methyl sites for hydroxylation is 1. The van der Waals surface area contributed by atoms with Crippen LogP contribution in [0.5, 0.6) is 0 Å². The molecule has 20 heavy (non-hydrogen) atoms. The largest absolute Gasteiger partial charge is 0.378 e. The van der Waals surface area contributed by atoms with E-state index < -0.39 is 0 Å². The quantitative estimate of drug-likeness (QED) is 0.821. The van der Waals surface area contributed by atoms with E-state index in [2.05, 4.69) is 20.5 Å². The van der Waals surface area contributed by atoms with Crippen molar-refractivity contribution in [1.29, 1.82) is 0 Å². The van der Waals surface area contributed by atoms with Gasteiger partial charge in [-0.2, -0.15) is 5.10 Å². The predicted octanol–water partition coefficient (Wildman–Crippen LogP) is 1.21. The van der Waals surface area contributed by atoms with Gasteiger partial charge in [-0.05, 0) is 32.6 Å². The maximum Gasteiger partial charge on any atom is 0.317 e. The molecule has 0 aromatic carbocycles. The lowest BCUT2D eigenvalue weighted by Gasteiger charge is -2.18. The van der Waals surface area contributed by atoms with Gasteiger partial charge >= 0.3 is 6.03 Å². The Morgan fingerprint density at radius 2 is 2.45 bits per heavy atom. The van der Waals surface area contributed by atoms with Crippen molar-refractivity contribution < 1.29 is 9.53 Å². The minimum absolute atomic E-state index is 0.0974. The second-order valence-corrected chi connectivity index (χ2v) is 5.19. The molecule has 2 amide bonds. The number of H-pyrrole nitrogens is 1. The van der Waals surface area contributed by atoms with Crippen LogP contribution in [0.15, 0.2) is 0 Å². The normalized spacial score (nSPS) is 18.2. The van der Waals surface area contributed by atoms with E-state index in [0.29, 0.717) is 18.5 Å². The van der Waals surface area contributed by atoms with Crippen LogP contribution in [0.3, 0.4) is 0 Å². The fourth-order valence-corrected chi connectivity index (χ4v) is 2.29. The van der Waals surface area contributed by atoms with Crippen LogP contribution in [0.4, 0.5) is 4.79 Å². The predicted molar refractivity (Wildman–Crippen MR) is 74.2 cm³/mol. The number of amides is 2. The number of ether oxygens (including phenoxy) is 1. The highest BCUT2D eigenvalue weighted by molar-refractivity contribution is 5.73. The van der Waals surface area contributed by atoms with Gasteiger partial charge in [0.2, 0.25) is 0 Å². The molecule has 0 saturated carbocycles. The van der Waals surface area contributed by atoms with Crippen LogP contribution in [0.1, 0.15) is 37.3 Å². The summed E-state index contributed by atoms with van der Waals surface area (Å²) in [4.78, 5) is 17.7. The number of rotatable bonds is 6. The van der Waals surface area contributed by atoms with E-state index in [-0.39, 0.29) is 6.03 Å². The van der Waals surface area contributed by atoms with Crippen molar-refractivity contribution in [3.8, 4) is 0 Å². The van der Waals surface area contributed by atoms with Gasteiger partial charge in [0.1, 0.15) is 5.82 Å². The Labute approximate surface area is 119 Å². The van der Waals surface area contributed by atoms with Gasteiger partial charge in [0, 0.05) is 20.2 Å². The second-order valence-electron chi connectivity index (χ2n) is 5.19. The Hall–Kier alpha value is -1.63. The second kappa shape index (κ2) is 7.23. The van der Waals surface area contributed by atoms with Crippen molar-refractivity contribution in [1.82, 2.24) is 25.4 Å². The number of nitrogens with one attached hydrogen (secondary N) is 2. The first-order chi connectivity index (χ1) is 9.65. The van der Waals surface area contributed by atoms with Gasteiger partial charge in [-0.1, -0.05) is 0 Å². The van der Waals surface area contributed by atoms with Crippen molar-refractivity contribution >= 4 is 6.03 Å². The lowest BCUT2D eigenvalue weighted by molar-refractivity contribution is 0.100. The summed E-state index contributed by atoms with van der Waals surface area (Å²) in [6.45, 7) is 3.80. The monoisotopic (exact) mass is 281 g/mol. The van der Waals surface area contributed by atoms with E-state index in [1.165, 1.54) is 0 Å². The molecular weight excluding hydrogens is 258 g/mol. The lowest BCUT2D eigenvalue weighted by atomic mass is 10.1. The Kier molecular flexibility index (Phi) is 5.34. The lowest BCUT2D eigenvalue weighted by Crippen LogP contribution is -2.37. The zero-order chi connectivity index (χ0) is 14.4. The van der Waals surface area contributed by atoms with Crippen molar-refractivity contribution in [2.45, 2.75) is 45.3 Å². The molecule has 2 N–H and O–H groups in total. The third-order valence-corrected chi connectivity index (χ3v) is 3.43. The summed E-state index contributed by atoms with van der Waals surface area (Å²) in [5.41, 5.74) is 0. The summed E-state index contributed by atoms with van der Waals surface area (Å²) in [6.07, 6.45) is 4.70. The molecule has 2 heterocycles. The maximum absolute atomic E-state index is 11.9. The highest BCUT2D eigenvalue weighted by Gasteiger charge is 2.16. The number of carbonyl (C=O) groups is 1. The fourth-order valence-electron chi connectivity index (χ4n) is 2.29. The van der Waals surface area contributed by atoms with Crippen LogP contribution in [-0.4, -0.2) is 52.4 Å².